The van der Waals surface area contributed by atoms with Gasteiger partial charge in [-0.15, -0.1) is 10.2 Å². The Morgan fingerprint density at radius 3 is 2.86 bits per heavy atom. The summed E-state index contributed by atoms with van der Waals surface area (Å²) in [6, 6.07) is 0.734. The standard InChI is InChI=1S/C13H19N7S/c1-2-10(14-5-1)9-3-6-20(7-4-9)13-16-12(17-18-13)11-8-15-19-21-11/h8-10,14H,1-7H2,(H,16,17,18). The van der Waals surface area contributed by atoms with Crippen LogP contribution >= 0.6 is 11.5 Å². The molecule has 2 aliphatic rings. The van der Waals surface area contributed by atoms with Gasteiger partial charge in [0, 0.05) is 19.1 Å². The van der Waals surface area contributed by atoms with E-state index in [2.05, 4.69) is 35.0 Å². The molecule has 4 rings (SSSR count). The van der Waals surface area contributed by atoms with E-state index in [4.69, 9.17) is 0 Å². The van der Waals surface area contributed by atoms with Crippen LogP contribution in [0.2, 0.25) is 0 Å². The molecule has 2 aromatic rings. The molecule has 1 atom stereocenters. The fourth-order valence-electron chi connectivity index (χ4n) is 3.39. The van der Waals surface area contributed by atoms with Crippen LogP contribution in [0.3, 0.4) is 0 Å². The van der Waals surface area contributed by atoms with E-state index >= 15 is 0 Å². The first-order valence-electron chi connectivity index (χ1n) is 7.58. The van der Waals surface area contributed by atoms with Crippen LogP contribution in [0, 0.1) is 5.92 Å². The zero-order valence-corrected chi connectivity index (χ0v) is 12.6. The second kappa shape index (κ2) is 5.69. The summed E-state index contributed by atoms with van der Waals surface area (Å²) >= 11 is 1.33. The molecule has 0 saturated carbocycles. The Kier molecular flexibility index (Phi) is 3.56. The maximum Gasteiger partial charge on any atom is 0.245 e. The van der Waals surface area contributed by atoms with Gasteiger partial charge in [-0.3, -0.25) is 5.10 Å². The Labute approximate surface area is 127 Å². The molecule has 0 bridgehead atoms. The summed E-state index contributed by atoms with van der Waals surface area (Å²) in [5, 5.41) is 14.8. The summed E-state index contributed by atoms with van der Waals surface area (Å²) in [7, 11) is 0. The lowest BCUT2D eigenvalue weighted by atomic mass is 9.89. The van der Waals surface area contributed by atoms with Crippen LogP contribution in [0.15, 0.2) is 6.20 Å². The average molecular weight is 305 g/mol. The van der Waals surface area contributed by atoms with Gasteiger partial charge in [0.15, 0.2) is 5.82 Å². The van der Waals surface area contributed by atoms with Gasteiger partial charge in [-0.2, -0.15) is 4.98 Å². The van der Waals surface area contributed by atoms with Crippen molar-refractivity contribution in [2.45, 2.75) is 31.7 Å². The number of rotatable bonds is 3. The molecule has 0 radical (unpaired) electrons. The van der Waals surface area contributed by atoms with Crippen molar-refractivity contribution in [3.05, 3.63) is 6.20 Å². The maximum absolute atomic E-state index is 4.57. The molecule has 7 nitrogen and oxygen atoms in total. The van der Waals surface area contributed by atoms with E-state index in [1.54, 1.807) is 6.20 Å². The molecule has 0 spiro atoms. The topological polar surface area (TPSA) is 82.6 Å². The first-order chi connectivity index (χ1) is 10.4. The predicted molar refractivity (Wildman–Crippen MR) is 81.2 cm³/mol. The van der Waals surface area contributed by atoms with Crippen LogP contribution in [0.25, 0.3) is 10.7 Å². The van der Waals surface area contributed by atoms with Crippen molar-refractivity contribution in [3.63, 3.8) is 0 Å². The molecule has 2 aromatic heterocycles. The number of piperidine rings is 1. The molecule has 2 saturated heterocycles. The fraction of sp³-hybridized carbons (Fsp3) is 0.692. The molecule has 0 amide bonds. The second-order valence-electron chi connectivity index (χ2n) is 5.79. The van der Waals surface area contributed by atoms with Gasteiger partial charge in [0.05, 0.1) is 6.20 Å². The number of nitrogens with one attached hydrogen (secondary N) is 2. The van der Waals surface area contributed by atoms with Crippen molar-refractivity contribution in [2.75, 3.05) is 24.5 Å². The van der Waals surface area contributed by atoms with Crippen LogP contribution in [0.4, 0.5) is 5.95 Å². The van der Waals surface area contributed by atoms with E-state index in [9.17, 15) is 0 Å². The number of hydrogen-bond donors (Lipinski definition) is 2. The zero-order valence-electron chi connectivity index (χ0n) is 11.8. The number of aromatic nitrogens is 5. The van der Waals surface area contributed by atoms with E-state index < -0.39 is 0 Å². The molecule has 2 N–H and O–H groups in total. The molecule has 2 fully saturated rings. The normalized spacial score (nSPS) is 23.8. The quantitative estimate of drug-likeness (QED) is 0.889. The molecule has 21 heavy (non-hydrogen) atoms. The van der Waals surface area contributed by atoms with E-state index in [0.717, 1.165) is 41.7 Å². The van der Waals surface area contributed by atoms with E-state index in [1.165, 1.54) is 43.8 Å². The molecule has 2 aliphatic heterocycles. The van der Waals surface area contributed by atoms with Crippen LogP contribution < -0.4 is 10.2 Å². The van der Waals surface area contributed by atoms with Gasteiger partial charge in [0.2, 0.25) is 5.95 Å². The van der Waals surface area contributed by atoms with Crippen molar-refractivity contribution < 1.29 is 0 Å². The largest absolute Gasteiger partial charge is 0.340 e. The first-order valence-corrected chi connectivity index (χ1v) is 8.36. The molecular formula is C13H19N7S. The fourth-order valence-corrected chi connectivity index (χ4v) is 3.85. The van der Waals surface area contributed by atoms with Gasteiger partial charge in [-0.25, -0.2) is 0 Å². The molecule has 8 heteroatoms. The lowest BCUT2D eigenvalue weighted by Gasteiger charge is -2.34. The third kappa shape index (κ3) is 2.65. The lowest BCUT2D eigenvalue weighted by Crippen LogP contribution is -2.41. The van der Waals surface area contributed by atoms with Gasteiger partial charge in [0.25, 0.3) is 0 Å². The SMILES string of the molecule is c1nnsc1-c1nc(N2CCC(C3CCCN3)CC2)n[nH]1. The van der Waals surface area contributed by atoms with Gasteiger partial charge >= 0.3 is 0 Å². The van der Waals surface area contributed by atoms with Crippen molar-refractivity contribution in [2.24, 2.45) is 5.92 Å². The number of nitrogens with zero attached hydrogens (tertiary/aromatic N) is 5. The number of hydrogen-bond acceptors (Lipinski definition) is 7. The van der Waals surface area contributed by atoms with Crippen LogP contribution in [-0.4, -0.2) is 50.4 Å². The highest BCUT2D eigenvalue weighted by Crippen LogP contribution is 2.28. The van der Waals surface area contributed by atoms with Gasteiger partial charge in [0.1, 0.15) is 4.88 Å². The lowest BCUT2D eigenvalue weighted by molar-refractivity contribution is 0.317. The summed E-state index contributed by atoms with van der Waals surface area (Å²) in [5.74, 6) is 2.38. The van der Waals surface area contributed by atoms with Gasteiger partial charge in [-0.05, 0) is 49.7 Å². The summed E-state index contributed by atoms with van der Waals surface area (Å²) in [5.41, 5.74) is 0. The summed E-state index contributed by atoms with van der Waals surface area (Å²) in [6.45, 7) is 3.28. The monoisotopic (exact) mass is 305 g/mol. The van der Waals surface area contributed by atoms with Crippen molar-refractivity contribution in [3.8, 4) is 10.7 Å². The Morgan fingerprint density at radius 2 is 2.14 bits per heavy atom. The number of anilines is 1. The van der Waals surface area contributed by atoms with Crippen LogP contribution in [0.1, 0.15) is 25.7 Å². The summed E-state index contributed by atoms with van der Waals surface area (Å²) < 4.78 is 3.86. The highest BCUT2D eigenvalue weighted by Gasteiger charge is 2.29. The van der Waals surface area contributed by atoms with Crippen LogP contribution in [0.5, 0.6) is 0 Å². The first kappa shape index (κ1) is 13.1. The molecule has 0 aliphatic carbocycles. The minimum atomic E-state index is 0.734. The van der Waals surface area contributed by atoms with E-state index in [0.29, 0.717) is 0 Å². The second-order valence-corrected chi connectivity index (χ2v) is 6.58. The molecule has 1 unspecified atom stereocenters. The smallest absolute Gasteiger partial charge is 0.245 e. The molecular weight excluding hydrogens is 286 g/mol. The van der Waals surface area contributed by atoms with E-state index in [1.807, 2.05) is 0 Å². The minimum absolute atomic E-state index is 0.734. The highest BCUT2D eigenvalue weighted by molar-refractivity contribution is 7.09. The maximum atomic E-state index is 4.57. The number of H-pyrrole nitrogens is 1. The molecule has 112 valence electrons. The van der Waals surface area contributed by atoms with Crippen molar-refractivity contribution >= 4 is 17.5 Å². The third-order valence-electron chi connectivity index (χ3n) is 4.56. The van der Waals surface area contributed by atoms with Gasteiger partial charge < -0.3 is 10.2 Å². The molecule has 0 aromatic carbocycles. The Morgan fingerprint density at radius 1 is 1.24 bits per heavy atom. The Balaban J connectivity index is 1.39. The summed E-state index contributed by atoms with van der Waals surface area (Å²) in [6.07, 6.45) is 6.84. The summed E-state index contributed by atoms with van der Waals surface area (Å²) in [4.78, 5) is 7.78. The molecule has 4 heterocycles. The van der Waals surface area contributed by atoms with E-state index in [-0.39, 0.29) is 0 Å². The Hall–Kier alpha value is -1.54. The Bertz CT molecular complexity index is 567. The van der Waals surface area contributed by atoms with Crippen LogP contribution in [-0.2, 0) is 0 Å². The third-order valence-corrected chi connectivity index (χ3v) is 5.23. The van der Waals surface area contributed by atoms with Crippen molar-refractivity contribution in [1.82, 2.24) is 30.1 Å². The highest BCUT2D eigenvalue weighted by atomic mass is 32.1. The predicted octanol–water partition coefficient (Wildman–Crippen LogP) is 1.29. The number of aromatic amines is 1. The minimum Gasteiger partial charge on any atom is -0.340 e. The zero-order chi connectivity index (χ0) is 14.1. The van der Waals surface area contributed by atoms with Gasteiger partial charge in [-0.1, -0.05) is 4.49 Å². The van der Waals surface area contributed by atoms with Crippen molar-refractivity contribution in [1.29, 1.82) is 0 Å². The average Bonchev–Trinajstić information content (AvgIpc) is 3.27.